The number of carbonyl (C=O) groups is 2. The van der Waals surface area contributed by atoms with Crippen LogP contribution in [-0.2, 0) is 4.79 Å². The maximum Gasteiger partial charge on any atom is 0.240 e. The minimum Gasteiger partial charge on any atom is -0.330 e. The van der Waals surface area contributed by atoms with E-state index >= 15 is 0 Å². The number of rotatable bonds is 7. The lowest BCUT2D eigenvalue weighted by Crippen LogP contribution is -2.24. The van der Waals surface area contributed by atoms with E-state index < -0.39 is 0 Å². The summed E-state index contributed by atoms with van der Waals surface area (Å²) in [6, 6.07) is 17.9. The van der Waals surface area contributed by atoms with Crippen molar-refractivity contribution in [3.05, 3.63) is 71.8 Å². The molecule has 118 valence electrons. The van der Waals surface area contributed by atoms with Crippen molar-refractivity contribution < 1.29 is 9.59 Å². The van der Waals surface area contributed by atoms with Crippen LogP contribution in [0.5, 0.6) is 0 Å². The Morgan fingerprint density at radius 3 is 2.04 bits per heavy atom. The first-order valence-electron chi connectivity index (χ1n) is 7.44. The Balaban J connectivity index is 2.26. The van der Waals surface area contributed by atoms with Crippen LogP contribution in [0.1, 0.15) is 28.8 Å². The monoisotopic (exact) mass is 309 g/mol. The maximum atomic E-state index is 12.7. The summed E-state index contributed by atoms with van der Waals surface area (Å²) in [5, 5.41) is 4.05. The highest BCUT2D eigenvalue weighted by atomic mass is 16.2. The first-order valence-corrected chi connectivity index (χ1v) is 7.44. The first kappa shape index (κ1) is 16.6. The molecule has 0 atom stereocenters. The molecule has 0 unspecified atom stereocenters. The number of benzene rings is 2. The number of Topliss-reactive ketones (excluding diaryl/α,β-unsaturated/α-hetero) is 1. The van der Waals surface area contributed by atoms with Gasteiger partial charge in [-0.2, -0.15) is 5.10 Å². The fraction of sp³-hybridized carbons (Fsp3) is 0.167. The molecule has 0 radical (unpaired) electrons. The molecule has 0 bridgehead atoms. The van der Waals surface area contributed by atoms with Crippen LogP contribution in [0.2, 0.25) is 0 Å². The molecule has 0 aromatic heterocycles. The molecule has 0 spiro atoms. The molecule has 3 N–H and O–H groups in total. The summed E-state index contributed by atoms with van der Waals surface area (Å²) >= 11 is 0. The molecule has 0 fully saturated rings. The van der Waals surface area contributed by atoms with Crippen molar-refractivity contribution in [3.8, 4) is 0 Å². The molecule has 0 saturated carbocycles. The molecule has 2 aromatic rings. The van der Waals surface area contributed by atoms with Crippen LogP contribution in [0, 0.1) is 0 Å². The lowest BCUT2D eigenvalue weighted by Gasteiger charge is -2.07. The van der Waals surface area contributed by atoms with Crippen molar-refractivity contribution >= 4 is 17.4 Å². The van der Waals surface area contributed by atoms with E-state index in [2.05, 4.69) is 10.5 Å². The van der Waals surface area contributed by atoms with E-state index in [1.807, 2.05) is 24.3 Å². The van der Waals surface area contributed by atoms with E-state index in [0.29, 0.717) is 24.1 Å². The number of nitrogens with two attached hydrogens (primary N) is 1. The summed E-state index contributed by atoms with van der Waals surface area (Å²) in [4.78, 5) is 24.4. The van der Waals surface area contributed by atoms with Crippen molar-refractivity contribution in [2.75, 3.05) is 6.54 Å². The Morgan fingerprint density at radius 2 is 1.48 bits per heavy atom. The van der Waals surface area contributed by atoms with Gasteiger partial charge < -0.3 is 5.73 Å². The topological polar surface area (TPSA) is 84.6 Å². The van der Waals surface area contributed by atoms with Crippen molar-refractivity contribution in [2.24, 2.45) is 10.8 Å². The quantitative estimate of drug-likeness (QED) is 0.467. The van der Waals surface area contributed by atoms with E-state index in [1.165, 1.54) is 0 Å². The number of hydrazone groups is 1. The summed E-state index contributed by atoms with van der Waals surface area (Å²) in [5.74, 6) is -0.499. The molecule has 2 rings (SSSR count). The molecule has 0 aliphatic rings. The Kier molecular flexibility index (Phi) is 6.20. The summed E-state index contributed by atoms with van der Waals surface area (Å²) in [6.07, 6.45) is 0.857. The molecule has 0 aliphatic heterocycles. The molecule has 0 saturated heterocycles. The molecule has 23 heavy (non-hydrogen) atoms. The fourth-order valence-electron chi connectivity index (χ4n) is 2.01. The predicted molar refractivity (Wildman–Crippen MR) is 90.2 cm³/mol. The second-order valence-corrected chi connectivity index (χ2v) is 4.95. The molecular formula is C18H19N3O2. The summed E-state index contributed by atoms with van der Waals surface area (Å²) < 4.78 is 0. The Morgan fingerprint density at radius 1 is 0.913 bits per heavy atom. The largest absolute Gasteiger partial charge is 0.330 e. The van der Waals surface area contributed by atoms with Gasteiger partial charge >= 0.3 is 0 Å². The van der Waals surface area contributed by atoms with Crippen LogP contribution in [0.25, 0.3) is 0 Å². The number of carbonyl (C=O) groups excluding carboxylic acids is 2. The van der Waals surface area contributed by atoms with Gasteiger partial charge in [-0.25, -0.2) is 5.43 Å². The number of hydrogen-bond acceptors (Lipinski definition) is 4. The summed E-state index contributed by atoms with van der Waals surface area (Å²) in [7, 11) is 0. The third-order valence-electron chi connectivity index (χ3n) is 3.20. The van der Waals surface area contributed by atoms with Crippen LogP contribution in [0.3, 0.4) is 0 Å². The van der Waals surface area contributed by atoms with Crippen LogP contribution in [-0.4, -0.2) is 23.9 Å². The lowest BCUT2D eigenvalue weighted by atomic mass is 10.0. The van der Waals surface area contributed by atoms with Gasteiger partial charge in [-0.3, -0.25) is 9.59 Å². The number of nitrogens with zero attached hydrogens (tertiary/aromatic N) is 1. The van der Waals surface area contributed by atoms with E-state index in [-0.39, 0.29) is 23.8 Å². The maximum absolute atomic E-state index is 12.7. The smallest absolute Gasteiger partial charge is 0.240 e. The Bertz CT molecular complexity index is 682. The van der Waals surface area contributed by atoms with Gasteiger partial charge in [-0.15, -0.1) is 0 Å². The third-order valence-corrected chi connectivity index (χ3v) is 3.20. The van der Waals surface area contributed by atoms with E-state index in [1.54, 1.807) is 36.4 Å². The van der Waals surface area contributed by atoms with Crippen LogP contribution < -0.4 is 11.2 Å². The average Bonchev–Trinajstić information content (AvgIpc) is 2.61. The van der Waals surface area contributed by atoms with Gasteiger partial charge in [-0.05, 0) is 13.0 Å². The molecule has 2 aromatic carbocycles. The SMILES string of the molecule is NCCCC(=O)N/N=C(/C(=O)c1ccccc1)c1ccccc1. The zero-order chi connectivity index (χ0) is 16.5. The highest BCUT2D eigenvalue weighted by molar-refractivity contribution is 6.51. The van der Waals surface area contributed by atoms with Crippen LogP contribution >= 0.6 is 0 Å². The second-order valence-electron chi connectivity index (χ2n) is 4.95. The van der Waals surface area contributed by atoms with Gasteiger partial charge in [0, 0.05) is 17.5 Å². The highest BCUT2D eigenvalue weighted by Crippen LogP contribution is 2.08. The predicted octanol–water partition coefficient (Wildman–Crippen LogP) is 2.13. The molecule has 5 nitrogen and oxygen atoms in total. The van der Waals surface area contributed by atoms with Gasteiger partial charge in [0.15, 0.2) is 0 Å². The summed E-state index contributed by atoms with van der Waals surface area (Å²) in [6.45, 7) is 0.436. The Hall–Kier alpha value is -2.79. The van der Waals surface area contributed by atoms with Gasteiger partial charge in [-0.1, -0.05) is 60.7 Å². The highest BCUT2D eigenvalue weighted by Gasteiger charge is 2.16. The standard InChI is InChI=1S/C18H19N3O2/c19-13-7-12-16(22)20-21-17(14-8-3-1-4-9-14)18(23)15-10-5-2-6-11-15/h1-6,8-11H,7,12-13,19H2,(H,20,22)/b21-17+. The first-order chi connectivity index (χ1) is 11.2. The Labute approximate surface area is 135 Å². The molecule has 5 heteroatoms. The fourth-order valence-corrected chi connectivity index (χ4v) is 2.01. The van der Waals surface area contributed by atoms with E-state index in [0.717, 1.165) is 0 Å². The minimum absolute atomic E-state index is 0.206. The second kappa shape index (κ2) is 8.60. The number of amides is 1. The van der Waals surface area contributed by atoms with Crippen molar-refractivity contribution in [1.29, 1.82) is 0 Å². The average molecular weight is 309 g/mol. The van der Waals surface area contributed by atoms with Crippen LogP contribution in [0.15, 0.2) is 65.8 Å². The van der Waals surface area contributed by atoms with E-state index in [4.69, 9.17) is 5.73 Å². The number of nitrogens with one attached hydrogen (secondary N) is 1. The van der Waals surface area contributed by atoms with Gasteiger partial charge in [0.2, 0.25) is 11.7 Å². The van der Waals surface area contributed by atoms with Gasteiger partial charge in [0.25, 0.3) is 0 Å². The molecule has 0 aliphatic carbocycles. The van der Waals surface area contributed by atoms with E-state index in [9.17, 15) is 9.59 Å². The molecule has 1 amide bonds. The van der Waals surface area contributed by atoms with Crippen molar-refractivity contribution in [3.63, 3.8) is 0 Å². The van der Waals surface area contributed by atoms with Gasteiger partial charge in [0.05, 0.1) is 0 Å². The third kappa shape index (κ3) is 4.86. The zero-order valence-corrected chi connectivity index (χ0v) is 12.7. The number of ketones is 1. The lowest BCUT2D eigenvalue weighted by molar-refractivity contribution is -0.121. The van der Waals surface area contributed by atoms with Crippen molar-refractivity contribution in [1.82, 2.24) is 5.43 Å². The van der Waals surface area contributed by atoms with Crippen molar-refractivity contribution in [2.45, 2.75) is 12.8 Å². The molecule has 0 heterocycles. The molecular weight excluding hydrogens is 290 g/mol. The summed E-state index contributed by atoms with van der Waals surface area (Å²) in [5.41, 5.74) is 9.20. The van der Waals surface area contributed by atoms with Crippen LogP contribution in [0.4, 0.5) is 0 Å². The van der Waals surface area contributed by atoms with Gasteiger partial charge in [0.1, 0.15) is 5.71 Å². The zero-order valence-electron chi connectivity index (χ0n) is 12.7. The normalized spacial score (nSPS) is 11.1. The minimum atomic E-state index is -0.259. The number of hydrogen-bond donors (Lipinski definition) is 2.